The zero-order valence-electron chi connectivity index (χ0n) is 11.7. The van der Waals surface area contributed by atoms with Crippen molar-refractivity contribution in [3.8, 4) is 5.75 Å². The monoisotopic (exact) mass is 312 g/mol. The lowest BCUT2D eigenvalue weighted by atomic mass is 10.2. The van der Waals surface area contributed by atoms with Crippen LogP contribution in [0.15, 0.2) is 36.5 Å². The van der Waals surface area contributed by atoms with Crippen LogP contribution in [0.1, 0.15) is 5.56 Å². The summed E-state index contributed by atoms with van der Waals surface area (Å²) < 4.78 is 41.1. The normalized spacial score (nSPS) is 11.1. The largest absolute Gasteiger partial charge is 0.573 e. The average molecular weight is 312 g/mol. The summed E-state index contributed by atoms with van der Waals surface area (Å²) in [5.41, 5.74) is 7.11. The number of para-hydroxylation sites is 1. The van der Waals surface area contributed by atoms with Crippen molar-refractivity contribution in [3.63, 3.8) is 0 Å². The molecule has 0 unspecified atom stereocenters. The number of benzene rings is 1. The third-order valence-electron chi connectivity index (χ3n) is 2.86. The highest BCUT2D eigenvalue weighted by molar-refractivity contribution is 5.68. The van der Waals surface area contributed by atoms with E-state index < -0.39 is 6.36 Å². The van der Waals surface area contributed by atoms with Crippen LogP contribution in [0.5, 0.6) is 5.75 Å². The molecule has 5 nitrogen and oxygen atoms in total. The molecule has 0 aliphatic carbocycles. The van der Waals surface area contributed by atoms with E-state index in [0.29, 0.717) is 22.8 Å². The van der Waals surface area contributed by atoms with Crippen LogP contribution in [0.3, 0.4) is 0 Å². The number of pyridine rings is 1. The van der Waals surface area contributed by atoms with Crippen molar-refractivity contribution >= 4 is 17.2 Å². The summed E-state index contributed by atoms with van der Waals surface area (Å²) in [6.45, 7) is 0.129. The number of nitrogens with one attached hydrogen (secondary N) is 2. The number of nitrogen functional groups attached to an aromatic ring is 1. The minimum Gasteiger partial charge on any atom is -0.405 e. The van der Waals surface area contributed by atoms with Gasteiger partial charge in [0.15, 0.2) is 0 Å². The molecule has 22 heavy (non-hydrogen) atoms. The predicted molar refractivity (Wildman–Crippen MR) is 78.6 cm³/mol. The maximum Gasteiger partial charge on any atom is 0.573 e. The van der Waals surface area contributed by atoms with E-state index in [1.54, 1.807) is 25.2 Å². The van der Waals surface area contributed by atoms with Crippen LogP contribution in [0.2, 0.25) is 0 Å². The lowest BCUT2D eigenvalue weighted by molar-refractivity contribution is -0.274. The molecule has 1 aromatic carbocycles. The summed E-state index contributed by atoms with van der Waals surface area (Å²) in [6.07, 6.45) is -3.27. The number of nitrogens with two attached hydrogens (primary N) is 1. The van der Waals surface area contributed by atoms with E-state index in [4.69, 9.17) is 5.73 Å². The summed E-state index contributed by atoms with van der Waals surface area (Å²) in [5, 5.41) is 5.83. The second kappa shape index (κ2) is 6.42. The van der Waals surface area contributed by atoms with E-state index in [0.717, 1.165) is 0 Å². The van der Waals surface area contributed by atoms with E-state index in [1.807, 2.05) is 0 Å². The maximum atomic E-state index is 12.4. The first kappa shape index (κ1) is 15.7. The Hall–Kier alpha value is -2.64. The SMILES string of the molecule is CNc1cc(NCc2ccccc2OC(F)(F)F)c(N)cn1. The summed E-state index contributed by atoms with van der Waals surface area (Å²) in [5.74, 6) is 0.348. The molecule has 0 spiro atoms. The molecule has 0 saturated carbocycles. The Morgan fingerprint density at radius 2 is 2.00 bits per heavy atom. The summed E-state index contributed by atoms with van der Waals surface area (Å²) >= 11 is 0. The third-order valence-corrected chi connectivity index (χ3v) is 2.86. The highest BCUT2D eigenvalue weighted by Gasteiger charge is 2.31. The molecule has 1 heterocycles. The zero-order valence-corrected chi connectivity index (χ0v) is 11.7. The van der Waals surface area contributed by atoms with Crippen LogP contribution in [0.4, 0.5) is 30.4 Å². The first-order chi connectivity index (χ1) is 10.4. The Labute approximate surface area is 125 Å². The van der Waals surface area contributed by atoms with Crippen molar-refractivity contribution in [2.75, 3.05) is 23.4 Å². The van der Waals surface area contributed by atoms with Gasteiger partial charge in [0.1, 0.15) is 11.6 Å². The van der Waals surface area contributed by atoms with Crippen molar-refractivity contribution in [1.29, 1.82) is 0 Å². The highest BCUT2D eigenvalue weighted by atomic mass is 19.4. The number of rotatable bonds is 5. The molecule has 0 saturated heterocycles. The van der Waals surface area contributed by atoms with Gasteiger partial charge in [-0.2, -0.15) is 0 Å². The van der Waals surface area contributed by atoms with Gasteiger partial charge in [-0.25, -0.2) is 4.98 Å². The maximum absolute atomic E-state index is 12.4. The van der Waals surface area contributed by atoms with Crippen molar-refractivity contribution in [3.05, 3.63) is 42.1 Å². The molecule has 8 heteroatoms. The topological polar surface area (TPSA) is 72.2 Å². The predicted octanol–water partition coefficient (Wildman–Crippen LogP) is 3.22. The minimum absolute atomic E-state index is 0.129. The molecule has 0 fully saturated rings. The lowest BCUT2D eigenvalue weighted by Gasteiger charge is -2.15. The van der Waals surface area contributed by atoms with Crippen molar-refractivity contribution in [2.45, 2.75) is 12.9 Å². The van der Waals surface area contributed by atoms with Crippen LogP contribution in [0.25, 0.3) is 0 Å². The quantitative estimate of drug-likeness (QED) is 0.790. The molecule has 0 bridgehead atoms. The Morgan fingerprint density at radius 1 is 1.27 bits per heavy atom. The van der Waals surface area contributed by atoms with Crippen LogP contribution in [0, 0.1) is 0 Å². The van der Waals surface area contributed by atoms with Crippen LogP contribution in [-0.4, -0.2) is 18.4 Å². The van der Waals surface area contributed by atoms with Crippen LogP contribution in [-0.2, 0) is 6.54 Å². The van der Waals surface area contributed by atoms with Crippen LogP contribution < -0.4 is 21.1 Å². The first-order valence-corrected chi connectivity index (χ1v) is 6.40. The van der Waals surface area contributed by atoms with E-state index in [9.17, 15) is 13.2 Å². The zero-order chi connectivity index (χ0) is 16.2. The summed E-state index contributed by atoms with van der Waals surface area (Å²) in [6, 6.07) is 7.59. The summed E-state index contributed by atoms with van der Waals surface area (Å²) in [4.78, 5) is 4.03. The van der Waals surface area contributed by atoms with Gasteiger partial charge in [-0.1, -0.05) is 18.2 Å². The molecule has 4 N–H and O–H groups in total. The van der Waals surface area contributed by atoms with Gasteiger partial charge < -0.3 is 21.1 Å². The molecule has 0 amide bonds. The van der Waals surface area contributed by atoms with Gasteiger partial charge in [-0.05, 0) is 6.07 Å². The number of nitrogens with zero attached hydrogens (tertiary/aromatic N) is 1. The number of halogens is 3. The van der Waals surface area contributed by atoms with Gasteiger partial charge >= 0.3 is 6.36 Å². The van der Waals surface area contributed by atoms with Crippen molar-refractivity contribution < 1.29 is 17.9 Å². The first-order valence-electron chi connectivity index (χ1n) is 6.40. The molecule has 0 atom stereocenters. The molecule has 2 aromatic rings. The molecule has 0 radical (unpaired) electrons. The number of aromatic nitrogens is 1. The lowest BCUT2D eigenvalue weighted by Crippen LogP contribution is -2.18. The second-order valence-electron chi connectivity index (χ2n) is 4.42. The molecule has 1 aromatic heterocycles. The fraction of sp³-hybridized carbons (Fsp3) is 0.214. The third kappa shape index (κ3) is 4.18. The number of anilines is 3. The fourth-order valence-electron chi connectivity index (χ4n) is 1.82. The molecule has 0 aliphatic heterocycles. The van der Waals surface area contributed by atoms with Gasteiger partial charge in [-0.15, -0.1) is 13.2 Å². The molecular weight excluding hydrogens is 297 g/mol. The van der Waals surface area contributed by atoms with Gasteiger partial charge in [0, 0.05) is 25.2 Å². The van der Waals surface area contributed by atoms with E-state index in [1.165, 1.54) is 18.3 Å². The van der Waals surface area contributed by atoms with E-state index >= 15 is 0 Å². The van der Waals surface area contributed by atoms with Gasteiger partial charge in [0.25, 0.3) is 0 Å². The van der Waals surface area contributed by atoms with Crippen LogP contribution >= 0.6 is 0 Å². The number of alkyl halides is 3. The molecule has 2 rings (SSSR count). The second-order valence-corrected chi connectivity index (χ2v) is 4.42. The Balaban J connectivity index is 2.15. The fourth-order valence-corrected chi connectivity index (χ4v) is 1.82. The van der Waals surface area contributed by atoms with Crippen molar-refractivity contribution in [2.24, 2.45) is 0 Å². The molecule has 118 valence electrons. The van der Waals surface area contributed by atoms with Gasteiger partial charge in [0.2, 0.25) is 0 Å². The number of ether oxygens (including phenoxy) is 1. The minimum atomic E-state index is -4.73. The number of hydrogen-bond acceptors (Lipinski definition) is 5. The Bertz CT molecular complexity index is 646. The standard InChI is InChI=1S/C14H15F3N4O/c1-19-13-6-11(10(18)8-21-13)20-7-9-4-2-3-5-12(9)22-14(15,16)17/h2-6,8H,7,18H2,1H3,(H2,19,20,21). The van der Waals surface area contributed by atoms with E-state index in [-0.39, 0.29) is 12.3 Å². The van der Waals surface area contributed by atoms with Gasteiger partial charge in [-0.3, -0.25) is 0 Å². The van der Waals surface area contributed by atoms with E-state index in [2.05, 4.69) is 20.4 Å². The molecule has 0 aliphatic rings. The van der Waals surface area contributed by atoms with Gasteiger partial charge in [0.05, 0.1) is 17.6 Å². The summed E-state index contributed by atoms with van der Waals surface area (Å²) in [7, 11) is 1.70. The smallest absolute Gasteiger partial charge is 0.405 e. The van der Waals surface area contributed by atoms with Crippen molar-refractivity contribution in [1.82, 2.24) is 4.98 Å². The molecular formula is C14H15F3N4O. The Morgan fingerprint density at radius 3 is 2.68 bits per heavy atom. The number of hydrogen-bond donors (Lipinski definition) is 3. The highest BCUT2D eigenvalue weighted by Crippen LogP contribution is 2.28. The average Bonchev–Trinajstić information content (AvgIpc) is 2.46. The Kier molecular flexibility index (Phi) is 4.59.